The number of rotatable bonds is 3. The average Bonchev–Trinajstić information content (AvgIpc) is 2.68. The van der Waals surface area contributed by atoms with Gasteiger partial charge in [-0.3, -0.25) is 0 Å². The first-order valence-electron chi connectivity index (χ1n) is 4.84. The van der Waals surface area contributed by atoms with E-state index in [9.17, 15) is 8.78 Å². The molecule has 0 bridgehead atoms. The Balaban J connectivity index is 2.11. The number of nitrogens with two attached hydrogens (primary N) is 1. The fraction of sp³-hybridized carbons (Fsp3) is 0.182. The van der Waals surface area contributed by atoms with E-state index in [-0.39, 0.29) is 18.0 Å². The Kier molecular flexibility index (Phi) is 3.23. The molecule has 2 N–H and O–H groups in total. The van der Waals surface area contributed by atoms with E-state index in [1.807, 2.05) is 6.92 Å². The molecule has 90 valence electrons. The molecule has 0 saturated heterocycles. The summed E-state index contributed by atoms with van der Waals surface area (Å²) in [5.74, 6) is -1.55. The third-order valence-electron chi connectivity index (χ3n) is 2.09. The van der Waals surface area contributed by atoms with E-state index in [4.69, 9.17) is 10.5 Å². The van der Waals surface area contributed by atoms with E-state index >= 15 is 0 Å². The van der Waals surface area contributed by atoms with Crippen LogP contribution in [0.5, 0.6) is 5.75 Å². The van der Waals surface area contributed by atoms with E-state index in [0.29, 0.717) is 5.69 Å². The summed E-state index contributed by atoms with van der Waals surface area (Å²) < 4.78 is 31.6. The number of halogens is 2. The summed E-state index contributed by atoms with van der Waals surface area (Å²) in [5, 5.41) is 2.70. The molecule has 1 heterocycles. The lowest BCUT2D eigenvalue weighted by atomic mass is 10.3. The molecule has 0 aliphatic rings. The molecule has 1 aromatic heterocycles. The van der Waals surface area contributed by atoms with Crippen molar-refractivity contribution < 1.29 is 13.5 Å². The van der Waals surface area contributed by atoms with Crippen molar-refractivity contribution >= 4 is 17.0 Å². The van der Waals surface area contributed by atoms with Crippen molar-refractivity contribution in [3.8, 4) is 5.75 Å². The SMILES string of the molecule is Cc1nc(COc2cc(F)c(N)cc2F)cs1. The molecule has 0 amide bonds. The molecule has 2 aromatic rings. The number of hydrogen-bond donors (Lipinski definition) is 1. The van der Waals surface area contributed by atoms with Crippen LogP contribution in [0, 0.1) is 18.6 Å². The Bertz CT molecular complexity index is 542. The highest BCUT2D eigenvalue weighted by atomic mass is 32.1. The maximum absolute atomic E-state index is 13.3. The minimum absolute atomic E-state index is 0.102. The second-order valence-corrected chi connectivity index (χ2v) is 4.51. The summed E-state index contributed by atoms with van der Waals surface area (Å²) in [5.41, 5.74) is 5.67. The third-order valence-corrected chi connectivity index (χ3v) is 2.92. The van der Waals surface area contributed by atoms with Gasteiger partial charge in [0.25, 0.3) is 0 Å². The molecule has 0 aliphatic carbocycles. The first kappa shape index (κ1) is 11.8. The van der Waals surface area contributed by atoms with Gasteiger partial charge in [0, 0.05) is 17.5 Å². The Morgan fingerprint density at radius 2 is 2.12 bits per heavy atom. The minimum atomic E-state index is -0.698. The van der Waals surface area contributed by atoms with Crippen LogP contribution in [0.2, 0.25) is 0 Å². The zero-order valence-corrected chi connectivity index (χ0v) is 9.85. The average molecular weight is 256 g/mol. The fourth-order valence-corrected chi connectivity index (χ4v) is 1.88. The smallest absolute Gasteiger partial charge is 0.167 e. The number of benzene rings is 1. The largest absolute Gasteiger partial charge is 0.484 e. The van der Waals surface area contributed by atoms with Gasteiger partial charge in [0.15, 0.2) is 11.6 Å². The highest BCUT2D eigenvalue weighted by Gasteiger charge is 2.09. The summed E-state index contributed by atoms with van der Waals surface area (Å²) in [6.07, 6.45) is 0. The molecular formula is C11H10F2N2OS. The number of ether oxygens (including phenoxy) is 1. The van der Waals surface area contributed by atoms with Crippen LogP contribution in [-0.4, -0.2) is 4.98 Å². The van der Waals surface area contributed by atoms with E-state index < -0.39 is 11.6 Å². The van der Waals surface area contributed by atoms with Gasteiger partial charge in [0.2, 0.25) is 0 Å². The molecule has 0 fully saturated rings. The predicted molar refractivity (Wildman–Crippen MR) is 62.0 cm³/mol. The quantitative estimate of drug-likeness (QED) is 0.859. The highest BCUT2D eigenvalue weighted by Crippen LogP contribution is 2.23. The fourth-order valence-electron chi connectivity index (χ4n) is 1.28. The van der Waals surface area contributed by atoms with Gasteiger partial charge in [-0.15, -0.1) is 11.3 Å². The third kappa shape index (κ3) is 2.71. The van der Waals surface area contributed by atoms with Crippen LogP contribution < -0.4 is 10.5 Å². The molecule has 0 unspecified atom stereocenters. The number of anilines is 1. The predicted octanol–water partition coefficient (Wildman–Crippen LogP) is 2.89. The molecule has 0 aliphatic heterocycles. The highest BCUT2D eigenvalue weighted by molar-refractivity contribution is 7.09. The maximum atomic E-state index is 13.3. The van der Waals surface area contributed by atoms with Crippen molar-refractivity contribution in [2.24, 2.45) is 0 Å². The Morgan fingerprint density at radius 3 is 2.76 bits per heavy atom. The van der Waals surface area contributed by atoms with Crippen LogP contribution in [0.1, 0.15) is 10.7 Å². The lowest BCUT2D eigenvalue weighted by Gasteiger charge is -2.06. The second kappa shape index (κ2) is 4.67. The number of hydrogen-bond acceptors (Lipinski definition) is 4. The molecule has 6 heteroatoms. The van der Waals surface area contributed by atoms with E-state index in [1.165, 1.54) is 11.3 Å². The first-order valence-corrected chi connectivity index (χ1v) is 5.72. The van der Waals surface area contributed by atoms with Crippen molar-refractivity contribution in [3.05, 3.63) is 39.8 Å². The van der Waals surface area contributed by atoms with Crippen LogP contribution in [0.4, 0.5) is 14.5 Å². The molecule has 0 saturated carbocycles. The summed E-state index contributed by atoms with van der Waals surface area (Å²) in [6.45, 7) is 1.96. The molecule has 17 heavy (non-hydrogen) atoms. The normalized spacial score (nSPS) is 10.5. The van der Waals surface area contributed by atoms with Crippen LogP contribution >= 0.6 is 11.3 Å². The lowest BCUT2D eigenvalue weighted by molar-refractivity contribution is 0.285. The van der Waals surface area contributed by atoms with E-state index in [1.54, 1.807) is 5.38 Å². The molecular weight excluding hydrogens is 246 g/mol. The first-order chi connectivity index (χ1) is 8.06. The number of aryl methyl sites for hydroxylation is 1. The van der Waals surface area contributed by atoms with Crippen LogP contribution in [0.15, 0.2) is 17.5 Å². The van der Waals surface area contributed by atoms with Crippen LogP contribution in [-0.2, 0) is 6.61 Å². The summed E-state index contributed by atoms with van der Waals surface area (Å²) in [4.78, 5) is 4.15. The van der Waals surface area contributed by atoms with Crippen molar-refractivity contribution in [1.29, 1.82) is 0 Å². The zero-order chi connectivity index (χ0) is 12.4. The van der Waals surface area contributed by atoms with Crippen LogP contribution in [0.3, 0.4) is 0 Å². The molecule has 2 rings (SSSR count). The topological polar surface area (TPSA) is 48.1 Å². The second-order valence-electron chi connectivity index (χ2n) is 3.45. The lowest BCUT2D eigenvalue weighted by Crippen LogP contribution is -2.00. The van der Waals surface area contributed by atoms with Crippen LogP contribution in [0.25, 0.3) is 0 Å². The van der Waals surface area contributed by atoms with Gasteiger partial charge in [0.1, 0.15) is 12.4 Å². The Hall–Kier alpha value is -1.69. The van der Waals surface area contributed by atoms with Gasteiger partial charge in [-0.2, -0.15) is 0 Å². The summed E-state index contributed by atoms with van der Waals surface area (Å²) in [7, 11) is 0. The van der Waals surface area contributed by atoms with Gasteiger partial charge in [-0.05, 0) is 6.92 Å². The zero-order valence-electron chi connectivity index (χ0n) is 9.04. The minimum Gasteiger partial charge on any atom is -0.484 e. The van der Waals surface area contributed by atoms with E-state index in [2.05, 4.69) is 4.98 Å². The van der Waals surface area contributed by atoms with Crippen molar-refractivity contribution in [1.82, 2.24) is 4.98 Å². The summed E-state index contributed by atoms with van der Waals surface area (Å²) in [6, 6.07) is 1.83. The Morgan fingerprint density at radius 1 is 1.35 bits per heavy atom. The Labute approximate surface area is 101 Å². The van der Waals surface area contributed by atoms with E-state index in [0.717, 1.165) is 17.1 Å². The molecule has 3 nitrogen and oxygen atoms in total. The van der Waals surface area contributed by atoms with Gasteiger partial charge in [0.05, 0.1) is 16.4 Å². The van der Waals surface area contributed by atoms with Gasteiger partial charge in [-0.1, -0.05) is 0 Å². The number of thiazole rings is 1. The molecule has 0 radical (unpaired) electrons. The van der Waals surface area contributed by atoms with Gasteiger partial charge < -0.3 is 10.5 Å². The monoisotopic (exact) mass is 256 g/mol. The molecule has 1 aromatic carbocycles. The van der Waals surface area contributed by atoms with Gasteiger partial charge in [-0.25, -0.2) is 13.8 Å². The van der Waals surface area contributed by atoms with Crippen molar-refractivity contribution in [2.75, 3.05) is 5.73 Å². The van der Waals surface area contributed by atoms with Crippen molar-refractivity contribution in [3.63, 3.8) is 0 Å². The number of aromatic nitrogens is 1. The van der Waals surface area contributed by atoms with Crippen molar-refractivity contribution in [2.45, 2.75) is 13.5 Å². The standard InChI is InChI=1S/C11H10F2N2OS/c1-6-15-7(5-17-6)4-16-11-3-8(12)10(14)2-9(11)13/h2-3,5H,4,14H2,1H3. The van der Waals surface area contributed by atoms with Gasteiger partial charge >= 0.3 is 0 Å². The number of nitrogens with zero attached hydrogens (tertiary/aromatic N) is 1. The maximum Gasteiger partial charge on any atom is 0.167 e. The molecule has 0 spiro atoms. The summed E-state index contributed by atoms with van der Waals surface area (Å²) >= 11 is 1.47. The number of nitrogen functional groups attached to an aromatic ring is 1. The molecule has 0 atom stereocenters.